The van der Waals surface area contributed by atoms with Crippen molar-refractivity contribution in [3.05, 3.63) is 59.2 Å². The van der Waals surface area contributed by atoms with Gasteiger partial charge >= 0.3 is 5.97 Å². The van der Waals surface area contributed by atoms with Crippen LogP contribution in [0.25, 0.3) is 0 Å². The molecule has 0 aliphatic rings. The van der Waals surface area contributed by atoms with Gasteiger partial charge in [0.25, 0.3) is 0 Å². The van der Waals surface area contributed by atoms with Crippen LogP contribution in [0.4, 0.5) is 0 Å². The van der Waals surface area contributed by atoms with E-state index in [9.17, 15) is 9.59 Å². The first-order chi connectivity index (χ1) is 11.0. The van der Waals surface area contributed by atoms with Gasteiger partial charge in [0.2, 0.25) is 5.91 Å². The molecule has 0 fully saturated rings. The Hall–Kier alpha value is -2.76. The van der Waals surface area contributed by atoms with E-state index in [1.54, 1.807) is 36.5 Å². The average Bonchev–Trinajstić information content (AvgIpc) is 2.53. The molecule has 2 rings (SSSR count). The van der Waals surface area contributed by atoms with Gasteiger partial charge in [-0.05, 0) is 38.0 Å². The number of hydrogen-bond acceptors (Lipinski definition) is 4. The highest BCUT2D eigenvalue weighted by atomic mass is 16.4. The van der Waals surface area contributed by atoms with Gasteiger partial charge in [-0.15, -0.1) is 0 Å². The molecule has 6 heteroatoms. The number of carbonyl (C=O) groups excluding carboxylic acids is 1. The molecule has 0 aliphatic carbocycles. The second-order valence-corrected chi connectivity index (χ2v) is 5.31. The van der Waals surface area contributed by atoms with E-state index in [4.69, 9.17) is 5.11 Å². The summed E-state index contributed by atoms with van der Waals surface area (Å²) in [5.74, 6) is -0.588. The Kier molecular flexibility index (Phi) is 5.41. The van der Waals surface area contributed by atoms with E-state index in [-0.39, 0.29) is 23.9 Å². The van der Waals surface area contributed by atoms with Crippen molar-refractivity contribution in [2.45, 2.75) is 32.7 Å². The van der Waals surface area contributed by atoms with Crippen molar-refractivity contribution in [2.75, 3.05) is 0 Å². The number of aryl methyl sites for hydroxylation is 2. The van der Waals surface area contributed by atoms with Crippen LogP contribution in [-0.2, 0) is 11.2 Å². The molecule has 2 aromatic rings. The maximum atomic E-state index is 12.1. The van der Waals surface area contributed by atoms with Crippen LogP contribution in [0.5, 0.6) is 0 Å². The summed E-state index contributed by atoms with van der Waals surface area (Å²) in [5.41, 5.74) is 1.72. The summed E-state index contributed by atoms with van der Waals surface area (Å²) in [6, 6.07) is 8.20. The second-order valence-electron chi connectivity index (χ2n) is 5.31. The highest BCUT2D eigenvalue weighted by Crippen LogP contribution is 2.12. The maximum Gasteiger partial charge on any atom is 0.335 e. The fraction of sp³-hybridized carbons (Fsp3) is 0.294. The topological polar surface area (TPSA) is 92.2 Å². The minimum absolute atomic E-state index is 0.164. The van der Waals surface area contributed by atoms with Gasteiger partial charge in [0.15, 0.2) is 0 Å². The average molecular weight is 313 g/mol. The molecular weight excluding hydrogens is 294 g/mol. The van der Waals surface area contributed by atoms with E-state index in [2.05, 4.69) is 15.3 Å². The van der Waals surface area contributed by atoms with Crippen LogP contribution < -0.4 is 5.32 Å². The standard InChI is InChI=1S/C17H19N3O3/c1-11-9-10-18-16(19-11)12(2)20-15(21)8-7-13-5-3-4-6-14(13)17(22)23/h3-6,9-10,12H,7-8H2,1-2H3,(H,20,21)(H,22,23). The number of carboxylic acid groups (broad SMARTS) is 1. The highest BCUT2D eigenvalue weighted by molar-refractivity contribution is 5.89. The number of rotatable bonds is 6. The summed E-state index contributed by atoms with van der Waals surface area (Å²) >= 11 is 0. The van der Waals surface area contributed by atoms with Gasteiger partial charge < -0.3 is 10.4 Å². The van der Waals surface area contributed by atoms with Crippen LogP contribution >= 0.6 is 0 Å². The summed E-state index contributed by atoms with van der Waals surface area (Å²) in [4.78, 5) is 31.6. The zero-order valence-electron chi connectivity index (χ0n) is 13.1. The number of aromatic nitrogens is 2. The minimum atomic E-state index is -0.984. The lowest BCUT2D eigenvalue weighted by atomic mass is 10.0. The molecule has 1 aromatic carbocycles. The summed E-state index contributed by atoms with van der Waals surface area (Å²) in [6.45, 7) is 3.68. The summed E-state index contributed by atoms with van der Waals surface area (Å²) < 4.78 is 0. The van der Waals surface area contributed by atoms with E-state index < -0.39 is 5.97 Å². The Bertz CT molecular complexity index is 716. The fourth-order valence-corrected chi connectivity index (χ4v) is 2.25. The number of carbonyl (C=O) groups is 2. The first kappa shape index (κ1) is 16.6. The van der Waals surface area contributed by atoms with Crippen molar-refractivity contribution in [2.24, 2.45) is 0 Å². The molecule has 23 heavy (non-hydrogen) atoms. The predicted molar refractivity (Wildman–Crippen MR) is 85.0 cm³/mol. The molecule has 1 amide bonds. The van der Waals surface area contributed by atoms with Gasteiger partial charge in [-0.25, -0.2) is 14.8 Å². The number of carboxylic acids is 1. The number of amides is 1. The molecule has 0 bridgehead atoms. The quantitative estimate of drug-likeness (QED) is 0.853. The highest BCUT2D eigenvalue weighted by Gasteiger charge is 2.14. The molecule has 0 radical (unpaired) electrons. The van der Waals surface area contributed by atoms with Crippen LogP contribution in [0.2, 0.25) is 0 Å². The Labute approximate surface area is 134 Å². The molecule has 2 N–H and O–H groups in total. The van der Waals surface area contributed by atoms with Gasteiger partial charge in [0.1, 0.15) is 5.82 Å². The molecule has 1 atom stereocenters. The molecule has 0 aliphatic heterocycles. The minimum Gasteiger partial charge on any atom is -0.478 e. The predicted octanol–water partition coefficient (Wildman–Crippen LogP) is 2.29. The molecule has 6 nitrogen and oxygen atoms in total. The lowest BCUT2D eigenvalue weighted by Crippen LogP contribution is -2.28. The first-order valence-corrected chi connectivity index (χ1v) is 7.37. The molecule has 120 valence electrons. The molecule has 1 aromatic heterocycles. The summed E-state index contributed by atoms with van der Waals surface area (Å²) in [7, 11) is 0. The van der Waals surface area contributed by atoms with Gasteiger partial charge in [0, 0.05) is 18.3 Å². The second kappa shape index (κ2) is 7.49. The third kappa shape index (κ3) is 4.60. The van der Waals surface area contributed by atoms with Crippen molar-refractivity contribution >= 4 is 11.9 Å². The zero-order valence-corrected chi connectivity index (χ0v) is 13.1. The largest absolute Gasteiger partial charge is 0.478 e. The van der Waals surface area contributed by atoms with Crippen LogP contribution in [0.3, 0.4) is 0 Å². The molecule has 0 saturated heterocycles. The van der Waals surface area contributed by atoms with Crippen LogP contribution in [0.1, 0.15) is 46.8 Å². The Morgan fingerprint density at radius 2 is 2.00 bits per heavy atom. The Balaban J connectivity index is 1.94. The monoisotopic (exact) mass is 313 g/mol. The maximum absolute atomic E-state index is 12.1. The van der Waals surface area contributed by atoms with Crippen molar-refractivity contribution < 1.29 is 14.7 Å². The molecule has 1 heterocycles. The van der Waals surface area contributed by atoms with Gasteiger partial charge in [-0.1, -0.05) is 18.2 Å². The van der Waals surface area contributed by atoms with Crippen LogP contribution in [0, 0.1) is 6.92 Å². The van der Waals surface area contributed by atoms with E-state index in [0.717, 1.165) is 5.69 Å². The molecule has 0 saturated carbocycles. The third-order valence-corrected chi connectivity index (χ3v) is 3.45. The number of nitrogens with zero attached hydrogens (tertiary/aromatic N) is 2. The Morgan fingerprint density at radius 1 is 1.26 bits per heavy atom. The normalized spacial score (nSPS) is 11.7. The van der Waals surface area contributed by atoms with Crippen LogP contribution in [0.15, 0.2) is 36.5 Å². The SMILES string of the molecule is Cc1ccnc(C(C)NC(=O)CCc2ccccc2C(=O)O)n1. The van der Waals surface area contributed by atoms with E-state index in [1.165, 1.54) is 0 Å². The number of benzene rings is 1. The molecular formula is C17H19N3O3. The third-order valence-electron chi connectivity index (χ3n) is 3.45. The molecule has 0 spiro atoms. The molecule has 1 unspecified atom stereocenters. The van der Waals surface area contributed by atoms with Gasteiger partial charge in [0.05, 0.1) is 11.6 Å². The lowest BCUT2D eigenvalue weighted by Gasteiger charge is -2.13. The van der Waals surface area contributed by atoms with Crippen molar-refractivity contribution in [3.8, 4) is 0 Å². The summed E-state index contributed by atoms with van der Waals surface area (Å²) in [5, 5.41) is 12.0. The zero-order chi connectivity index (χ0) is 16.8. The smallest absolute Gasteiger partial charge is 0.335 e. The van der Waals surface area contributed by atoms with E-state index >= 15 is 0 Å². The summed E-state index contributed by atoms with van der Waals surface area (Å²) in [6.07, 6.45) is 2.24. The first-order valence-electron chi connectivity index (χ1n) is 7.37. The van der Waals surface area contributed by atoms with Crippen LogP contribution in [-0.4, -0.2) is 27.0 Å². The van der Waals surface area contributed by atoms with Crippen molar-refractivity contribution in [1.82, 2.24) is 15.3 Å². The number of aromatic carboxylic acids is 1. The Morgan fingerprint density at radius 3 is 2.70 bits per heavy atom. The van der Waals surface area contributed by atoms with E-state index in [0.29, 0.717) is 17.8 Å². The number of hydrogen-bond donors (Lipinski definition) is 2. The lowest BCUT2D eigenvalue weighted by molar-refractivity contribution is -0.121. The van der Waals surface area contributed by atoms with Gasteiger partial charge in [-0.3, -0.25) is 4.79 Å². The van der Waals surface area contributed by atoms with Gasteiger partial charge in [-0.2, -0.15) is 0 Å². The fourth-order valence-electron chi connectivity index (χ4n) is 2.25. The van der Waals surface area contributed by atoms with Crippen molar-refractivity contribution in [3.63, 3.8) is 0 Å². The van der Waals surface area contributed by atoms with Crippen molar-refractivity contribution in [1.29, 1.82) is 0 Å². The number of nitrogens with one attached hydrogen (secondary N) is 1. The van der Waals surface area contributed by atoms with E-state index in [1.807, 2.05) is 13.8 Å².